The summed E-state index contributed by atoms with van der Waals surface area (Å²) in [7, 11) is 0. The highest BCUT2D eigenvalue weighted by Crippen LogP contribution is 2.25. The molecule has 36 heavy (non-hydrogen) atoms. The molecule has 0 aliphatic carbocycles. The number of hydrogen-bond donors (Lipinski definition) is 1. The Balaban J connectivity index is 1.36. The van der Waals surface area contributed by atoms with Crippen LogP contribution in [0.15, 0.2) is 96.4 Å². The first-order valence-corrected chi connectivity index (χ1v) is 11.3. The molecule has 1 aromatic carbocycles. The summed E-state index contributed by atoms with van der Waals surface area (Å²) >= 11 is 0. The van der Waals surface area contributed by atoms with Gasteiger partial charge in [-0.25, -0.2) is 24.3 Å². The predicted octanol–water partition coefficient (Wildman–Crippen LogP) is 3.65. The summed E-state index contributed by atoms with van der Waals surface area (Å²) in [5.74, 6) is 1.10. The monoisotopic (exact) mass is 476 g/mol. The molecule has 0 unspecified atom stereocenters. The van der Waals surface area contributed by atoms with Gasteiger partial charge in [-0.05, 0) is 24.3 Å². The molecule has 6 rings (SSSR count). The third-order valence-corrected chi connectivity index (χ3v) is 5.75. The van der Waals surface area contributed by atoms with Crippen LogP contribution in [0, 0.1) is 0 Å². The fourth-order valence-electron chi connectivity index (χ4n) is 4.02. The molecule has 1 amide bonds. The SMILES string of the molecule is O=C(NCc1cccnc1-n1cncn1)c1cc(-c2ccccc2)nc2c1cnn2Cc1ccco1. The van der Waals surface area contributed by atoms with Crippen molar-refractivity contribution in [2.45, 2.75) is 13.1 Å². The van der Waals surface area contributed by atoms with Crippen molar-refractivity contribution in [2.24, 2.45) is 0 Å². The molecule has 176 valence electrons. The fraction of sp³-hybridized carbons (Fsp3) is 0.0769. The van der Waals surface area contributed by atoms with Crippen LogP contribution in [-0.2, 0) is 13.1 Å². The second-order valence-corrected chi connectivity index (χ2v) is 8.05. The molecule has 0 aliphatic heterocycles. The van der Waals surface area contributed by atoms with Crippen LogP contribution in [0.2, 0.25) is 0 Å². The zero-order chi connectivity index (χ0) is 24.3. The largest absolute Gasteiger partial charge is 0.467 e. The molecular formula is C26H20N8O2. The van der Waals surface area contributed by atoms with E-state index >= 15 is 0 Å². The van der Waals surface area contributed by atoms with Gasteiger partial charge in [-0.2, -0.15) is 10.2 Å². The van der Waals surface area contributed by atoms with Crippen molar-refractivity contribution in [3.8, 4) is 17.1 Å². The lowest BCUT2D eigenvalue weighted by molar-refractivity contribution is 0.0952. The third kappa shape index (κ3) is 4.11. The Hall–Kier alpha value is -5.12. The van der Waals surface area contributed by atoms with Crippen molar-refractivity contribution in [1.29, 1.82) is 0 Å². The molecule has 0 spiro atoms. The Labute approximate surface area is 205 Å². The average molecular weight is 477 g/mol. The molecule has 10 heteroatoms. The maximum Gasteiger partial charge on any atom is 0.252 e. The van der Waals surface area contributed by atoms with Crippen LogP contribution in [0.5, 0.6) is 0 Å². The van der Waals surface area contributed by atoms with Gasteiger partial charge < -0.3 is 9.73 Å². The van der Waals surface area contributed by atoms with E-state index in [4.69, 9.17) is 9.40 Å². The van der Waals surface area contributed by atoms with Gasteiger partial charge in [0.15, 0.2) is 11.5 Å². The second-order valence-electron chi connectivity index (χ2n) is 8.05. The second kappa shape index (κ2) is 9.26. The third-order valence-electron chi connectivity index (χ3n) is 5.75. The number of amides is 1. The highest BCUT2D eigenvalue weighted by atomic mass is 16.3. The summed E-state index contributed by atoms with van der Waals surface area (Å²) < 4.78 is 8.80. The van der Waals surface area contributed by atoms with Crippen LogP contribution in [0.4, 0.5) is 0 Å². The minimum atomic E-state index is -0.245. The topological polar surface area (TPSA) is 117 Å². The summed E-state index contributed by atoms with van der Waals surface area (Å²) in [6.07, 6.45) is 7.97. The Bertz CT molecular complexity index is 1620. The van der Waals surface area contributed by atoms with Crippen molar-refractivity contribution < 1.29 is 9.21 Å². The first kappa shape index (κ1) is 21.4. The molecule has 0 saturated carbocycles. The summed E-state index contributed by atoms with van der Waals surface area (Å²) in [6.45, 7) is 0.659. The molecule has 6 aromatic rings. The van der Waals surface area contributed by atoms with E-state index in [1.165, 1.54) is 6.33 Å². The maximum absolute atomic E-state index is 13.5. The maximum atomic E-state index is 13.5. The standard InChI is InChI=1S/C26H20N8O2/c35-26(29-13-19-8-4-10-28-24(19)34-17-27-16-31-34)21-12-23(18-6-2-1-3-7-18)32-25-22(21)14-30-33(25)15-20-9-5-11-36-20/h1-12,14,16-17H,13,15H2,(H,29,35). The number of furan rings is 1. The Morgan fingerprint density at radius 1 is 1.03 bits per heavy atom. The minimum absolute atomic E-state index is 0.245. The molecule has 5 heterocycles. The van der Waals surface area contributed by atoms with E-state index in [0.717, 1.165) is 16.9 Å². The van der Waals surface area contributed by atoms with Gasteiger partial charge in [-0.1, -0.05) is 36.4 Å². The van der Waals surface area contributed by atoms with Crippen LogP contribution < -0.4 is 5.32 Å². The average Bonchev–Trinajstić information content (AvgIpc) is 3.71. The van der Waals surface area contributed by atoms with E-state index in [1.807, 2.05) is 54.6 Å². The van der Waals surface area contributed by atoms with Gasteiger partial charge in [0.2, 0.25) is 0 Å². The minimum Gasteiger partial charge on any atom is -0.467 e. The van der Waals surface area contributed by atoms with Gasteiger partial charge in [-0.3, -0.25) is 4.79 Å². The lowest BCUT2D eigenvalue weighted by Crippen LogP contribution is -2.24. The number of hydrogen-bond acceptors (Lipinski definition) is 7. The number of carbonyl (C=O) groups is 1. The highest BCUT2D eigenvalue weighted by Gasteiger charge is 2.19. The number of aromatic nitrogens is 7. The summed E-state index contributed by atoms with van der Waals surface area (Å²) in [5.41, 5.74) is 3.47. The fourth-order valence-corrected chi connectivity index (χ4v) is 4.02. The number of nitrogens with one attached hydrogen (secondary N) is 1. The van der Waals surface area contributed by atoms with Gasteiger partial charge in [0, 0.05) is 23.9 Å². The summed E-state index contributed by atoms with van der Waals surface area (Å²) in [5, 5.41) is 12.3. The Kier molecular flexibility index (Phi) is 5.51. The normalized spacial score (nSPS) is 11.1. The van der Waals surface area contributed by atoms with E-state index in [0.29, 0.717) is 34.7 Å². The lowest BCUT2D eigenvalue weighted by atomic mass is 10.1. The van der Waals surface area contributed by atoms with Gasteiger partial charge in [0.1, 0.15) is 25.0 Å². The van der Waals surface area contributed by atoms with Crippen molar-refractivity contribution >= 4 is 16.9 Å². The number of fused-ring (bicyclic) bond motifs is 1. The number of nitrogens with zero attached hydrogens (tertiary/aromatic N) is 7. The first-order chi connectivity index (χ1) is 17.8. The van der Waals surface area contributed by atoms with Crippen molar-refractivity contribution in [3.63, 3.8) is 0 Å². The molecule has 0 saturated heterocycles. The predicted molar refractivity (Wildman–Crippen MR) is 131 cm³/mol. The van der Waals surface area contributed by atoms with E-state index in [2.05, 4.69) is 25.5 Å². The molecule has 0 fully saturated rings. The number of rotatable bonds is 7. The van der Waals surface area contributed by atoms with Gasteiger partial charge in [-0.15, -0.1) is 0 Å². The molecule has 0 radical (unpaired) electrons. The summed E-state index contributed by atoms with van der Waals surface area (Å²) in [4.78, 5) is 26.7. The van der Waals surface area contributed by atoms with Crippen LogP contribution >= 0.6 is 0 Å². The van der Waals surface area contributed by atoms with E-state index < -0.39 is 0 Å². The Morgan fingerprint density at radius 3 is 2.75 bits per heavy atom. The van der Waals surface area contributed by atoms with Crippen LogP contribution in [0.25, 0.3) is 28.1 Å². The molecule has 5 aromatic heterocycles. The van der Waals surface area contributed by atoms with E-state index in [-0.39, 0.29) is 12.5 Å². The van der Waals surface area contributed by atoms with Gasteiger partial charge in [0.05, 0.1) is 29.1 Å². The number of pyridine rings is 2. The van der Waals surface area contributed by atoms with Crippen LogP contribution in [0.1, 0.15) is 21.7 Å². The van der Waals surface area contributed by atoms with Crippen molar-refractivity contribution in [3.05, 3.63) is 109 Å². The van der Waals surface area contributed by atoms with Crippen molar-refractivity contribution in [1.82, 2.24) is 39.8 Å². The number of benzene rings is 1. The number of carbonyl (C=O) groups excluding carboxylic acids is 1. The van der Waals surface area contributed by atoms with Crippen LogP contribution in [-0.4, -0.2) is 40.4 Å². The molecule has 0 atom stereocenters. The smallest absolute Gasteiger partial charge is 0.252 e. The zero-order valence-electron chi connectivity index (χ0n) is 19.0. The van der Waals surface area contributed by atoms with Crippen LogP contribution in [0.3, 0.4) is 0 Å². The molecule has 0 aliphatic rings. The van der Waals surface area contributed by atoms with Gasteiger partial charge >= 0.3 is 0 Å². The molecule has 0 bridgehead atoms. The molecule has 1 N–H and O–H groups in total. The highest BCUT2D eigenvalue weighted by molar-refractivity contribution is 6.06. The quantitative estimate of drug-likeness (QED) is 0.374. The summed E-state index contributed by atoms with van der Waals surface area (Å²) in [6, 6.07) is 19.0. The first-order valence-electron chi connectivity index (χ1n) is 11.3. The van der Waals surface area contributed by atoms with Crippen molar-refractivity contribution in [2.75, 3.05) is 0 Å². The molecule has 10 nitrogen and oxygen atoms in total. The van der Waals surface area contributed by atoms with E-state index in [1.54, 1.807) is 40.4 Å². The van der Waals surface area contributed by atoms with E-state index in [9.17, 15) is 4.79 Å². The van der Waals surface area contributed by atoms with Gasteiger partial charge in [0.25, 0.3) is 5.91 Å². The molecular weight excluding hydrogens is 456 g/mol. The Morgan fingerprint density at radius 2 is 1.94 bits per heavy atom. The lowest BCUT2D eigenvalue weighted by Gasteiger charge is -2.11. The zero-order valence-corrected chi connectivity index (χ0v) is 19.0.